The molecule has 0 N–H and O–H groups in total. The molecule has 35 heavy (non-hydrogen) atoms. The van der Waals surface area contributed by atoms with Gasteiger partial charge >= 0.3 is 0 Å². The highest BCUT2D eigenvalue weighted by molar-refractivity contribution is 6.31. The largest absolute Gasteiger partial charge is 0.454 e. The van der Waals surface area contributed by atoms with Crippen molar-refractivity contribution in [2.45, 2.75) is 45.9 Å². The summed E-state index contributed by atoms with van der Waals surface area (Å²) in [4.78, 5) is 7.25. The lowest BCUT2D eigenvalue weighted by molar-refractivity contribution is 0.174. The molecule has 0 spiro atoms. The van der Waals surface area contributed by atoms with Crippen molar-refractivity contribution >= 4 is 11.6 Å². The molecule has 3 aromatic carbocycles. The summed E-state index contributed by atoms with van der Waals surface area (Å²) >= 11 is 6.55. The standard InChI is InChI=1S/C29H30ClN3O2/c1-2-3-15-33-25(17-31-29(33)23-9-5-4-6-10-23)20-32(19-24-11-7-8-12-26(24)30)18-22-13-14-27-28(16-22)35-21-34-27/h4-14,16-17H,2-3,15,18-21H2,1H3. The zero-order chi connectivity index (χ0) is 24.0. The molecule has 0 aliphatic carbocycles. The van der Waals surface area contributed by atoms with Crippen LogP contribution in [-0.2, 0) is 26.2 Å². The van der Waals surface area contributed by atoms with Crippen molar-refractivity contribution in [2.24, 2.45) is 0 Å². The second kappa shape index (κ2) is 11.0. The molecule has 0 radical (unpaired) electrons. The van der Waals surface area contributed by atoms with E-state index >= 15 is 0 Å². The molecule has 0 bridgehead atoms. The molecule has 0 fully saturated rings. The number of ether oxygens (including phenoxy) is 2. The number of unbranched alkanes of at least 4 members (excludes halogenated alkanes) is 1. The molecule has 1 aromatic heterocycles. The van der Waals surface area contributed by atoms with Crippen LogP contribution < -0.4 is 9.47 Å². The topological polar surface area (TPSA) is 39.5 Å². The van der Waals surface area contributed by atoms with E-state index in [2.05, 4.69) is 58.9 Å². The molecule has 1 aliphatic rings. The maximum Gasteiger partial charge on any atom is 0.231 e. The molecule has 0 saturated heterocycles. The molecule has 0 saturated carbocycles. The predicted molar refractivity (Wildman–Crippen MR) is 140 cm³/mol. The van der Waals surface area contributed by atoms with E-state index in [1.54, 1.807) is 0 Å². The number of fused-ring (bicyclic) bond motifs is 1. The minimum atomic E-state index is 0.279. The van der Waals surface area contributed by atoms with Gasteiger partial charge in [-0.25, -0.2) is 4.98 Å². The highest BCUT2D eigenvalue weighted by Crippen LogP contribution is 2.33. The molecule has 1 aliphatic heterocycles. The Bertz CT molecular complexity index is 1270. The van der Waals surface area contributed by atoms with Crippen LogP contribution in [0.2, 0.25) is 5.02 Å². The number of halogens is 1. The van der Waals surface area contributed by atoms with Gasteiger partial charge in [0.15, 0.2) is 11.5 Å². The summed E-state index contributed by atoms with van der Waals surface area (Å²) in [6.07, 6.45) is 4.26. The van der Waals surface area contributed by atoms with Crippen molar-refractivity contribution in [1.29, 1.82) is 0 Å². The Kier molecular flexibility index (Phi) is 7.36. The van der Waals surface area contributed by atoms with Crippen LogP contribution in [0.1, 0.15) is 36.6 Å². The number of nitrogens with zero attached hydrogens (tertiary/aromatic N) is 3. The average molecular weight is 488 g/mol. The molecule has 180 valence electrons. The molecule has 2 heterocycles. The third-order valence-corrected chi connectivity index (χ3v) is 6.65. The van der Waals surface area contributed by atoms with Gasteiger partial charge in [-0.3, -0.25) is 4.90 Å². The van der Waals surface area contributed by atoms with Gasteiger partial charge in [-0.2, -0.15) is 0 Å². The molecular formula is C29H30ClN3O2. The summed E-state index contributed by atoms with van der Waals surface area (Å²) in [7, 11) is 0. The van der Waals surface area contributed by atoms with Crippen molar-refractivity contribution in [1.82, 2.24) is 14.5 Å². The Balaban J connectivity index is 1.45. The van der Waals surface area contributed by atoms with Crippen LogP contribution in [0.5, 0.6) is 11.5 Å². The van der Waals surface area contributed by atoms with Crippen molar-refractivity contribution in [3.05, 3.63) is 101 Å². The molecule has 0 atom stereocenters. The van der Waals surface area contributed by atoms with E-state index in [0.29, 0.717) is 0 Å². The highest BCUT2D eigenvalue weighted by atomic mass is 35.5. The average Bonchev–Trinajstić information content (AvgIpc) is 3.51. The van der Waals surface area contributed by atoms with Gasteiger partial charge in [-0.05, 0) is 35.7 Å². The molecule has 0 unspecified atom stereocenters. The number of benzene rings is 3. The first-order valence-electron chi connectivity index (χ1n) is 12.2. The van der Waals surface area contributed by atoms with Crippen LogP contribution in [-0.4, -0.2) is 21.2 Å². The van der Waals surface area contributed by atoms with Crippen molar-refractivity contribution in [3.63, 3.8) is 0 Å². The lowest BCUT2D eigenvalue weighted by Crippen LogP contribution is -2.24. The SMILES string of the molecule is CCCCn1c(CN(Cc2ccc3c(c2)OCO3)Cc2ccccc2Cl)cnc1-c1ccccc1. The van der Waals surface area contributed by atoms with Crippen LogP contribution in [0.4, 0.5) is 0 Å². The zero-order valence-corrected chi connectivity index (χ0v) is 20.7. The smallest absolute Gasteiger partial charge is 0.231 e. The molecule has 5 nitrogen and oxygen atoms in total. The zero-order valence-electron chi connectivity index (χ0n) is 20.0. The summed E-state index contributed by atoms with van der Waals surface area (Å²) < 4.78 is 13.5. The molecule has 5 rings (SSSR count). The summed E-state index contributed by atoms with van der Waals surface area (Å²) in [5.74, 6) is 2.63. The van der Waals surface area contributed by atoms with Crippen LogP contribution >= 0.6 is 11.6 Å². The Morgan fingerprint density at radius 3 is 2.54 bits per heavy atom. The lowest BCUT2D eigenvalue weighted by atomic mass is 10.1. The normalized spacial score (nSPS) is 12.4. The van der Waals surface area contributed by atoms with Crippen molar-refractivity contribution in [2.75, 3.05) is 6.79 Å². The maximum atomic E-state index is 6.55. The van der Waals surface area contributed by atoms with Crippen LogP contribution in [0, 0.1) is 0 Å². The quantitative estimate of drug-likeness (QED) is 0.243. The van der Waals surface area contributed by atoms with E-state index in [0.717, 1.165) is 72.5 Å². The second-order valence-corrected chi connectivity index (χ2v) is 9.28. The van der Waals surface area contributed by atoms with Crippen LogP contribution in [0.3, 0.4) is 0 Å². The van der Waals surface area contributed by atoms with Gasteiger partial charge < -0.3 is 14.0 Å². The van der Waals surface area contributed by atoms with E-state index in [-0.39, 0.29) is 6.79 Å². The highest BCUT2D eigenvalue weighted by Gasteiger charge is 2.18. The maximum absolute atomic E-state index is 6.55. The number of imidazole rings is 1. The van der Waals surface area contributed by atoms with E-state index in [4.69, 9.17) is 26.1 Å². The fourth-order valence-electron chi connectivity index (χ4n) is 4.48. The van der Waals surface area contributed by atoms with Gasteiger partial charge in [-0.15, -0.1) is 0 Å². The van der Waals surface area contributed by atoms with Gasteiger partial charge in [0.05, 0.1) is 11.9 Å². The first-order valence-corrected chi connectivity index (χ1v) is 12.5. The summed E-state index contributed by atoms with van der Waals surface area (Å²) in [5, 5.41) is 0.785. The fraction of sp³-hybridized carbons (Fsp3) is 0.276. The third kappa shape index (κ3) is 5.53. The summed E-state index contributed by atoms with van der Waals surface area (Å²) in [5.41, 5.74) is 4.62. The molecule has 6 heteroatoms. The predicted octanol–water partition coefficient (Wildman–Crippen LogP) is 6.93. The van der Waals surface area contributed by atoms with Gasteiger partial charge in [0, 0.05) is 36.8 Å². The van der Waals surface area contributed by atoms with E-state index in [9.17, 15) is 0 Å². The second-order valence-electron chi connectivity index (χ2n) is 8.87. The number of hydrogen-bond acceptors (Lipinski definition) is 4. The Labute approximate surface area is 211 Å². The Morgan fingerprint density at radius 1 is 0.914 bits per heavy atom. The first-order chi connectivity index (χ1) is 17.2. The van der Waals surface area contributed by atoms with E-state index in [1.807, 2.05) is 36.5 Å². The van der Waals surface area contributed by atoms with Gasteiger partial charge in [-0.1, -0.05) is 79.5 Å². The lowest BCUT2D eigenvalue weighted by Gasteiger charge is -2.24. The van der Waals surface area contributed by atoms with Crippen molar-refractivity contribution in [3.8, 4) is 22.9 Å². The number of rotatable bonds is 10. The number of hydrogen-bond donors (Lipinski definition) is 0. The van der Waals surface area contributed by atoms with Crippen LogP contribution in [0.25, 0.3) is 11.4 Å². The minimum absolute atomic E-state index is 0.279. The third-order valence-electron chi connectivity index (χ3n) is 6.29. The number of aromatic nitrogens is 2. The van der Waals surface area contributed by atoms with Gasteiger partial charge in [0.25, 0.3) is 0 Å². The molecular weight excluding hydrogens is 458 g/mol. The first kappa shape index (κ1) is 23.5. The summed E-state index contributed by atoms with van der Waals surface area (Å²) in [6, 6.07) is 24.7. The summed E-state index contributed by atoms with van der Waals surface area (Å²) in [6.45, 7) is 5.68. The molecule has 0 amide bonds. The Hall–Kier alpha value is -3.28. The molecule has 4 aromatic rings. The van der Waals surface area contributed by atoms with Crippen LogP contribution in [0.15, 0.2) is 79.0 Å². The minimum Gasteiger partial charge on any atom is -0.454 e. The fourth-order valence-corrected chi connectivity index (χ4v) is 4.68. The monoisotopic (exact) mass is 487 g/mol. The van der Waals surface area contributed by atoms with Crippen molar-refractivity contribution < 1.29 is 9.47 Å². The Morgan fingerprint density at radius 2 is 1.71 bits per heavy atom. The van der Waals surface area contributed by atoms with E-state index in [1.165, 1.54) is 11.3 Å². The van der Waals surface area contributed by atoms with Gasteiger partial charge in [0.1, 0.15) is 5.82 Å². The van der Waals surface area contributed by atoms with E-state index < -0.39 is 0 Å². The van der Waals surface area contributed by atoms with Gasteiger partial charge in [0.2, 0.25) is 6.79 Å².